The van der Waals surface area contributed by atoms with Crippen LogP contribution in [0.4, 0.5) is 5.69 Å². The lowest BCUT2D eigenvalue weighted by atomic mass is 9.72. The molecular weight excluding hydrogens is 318 g/mol. The first-order chi connectivity index (χ1) is 11.4. The van der Waals surface area contributed by atoms with Crippen molar-refractivity contribution in [3.63, 3.8) is 0 Å². The fraction of sp³-hybridized carbons (Fsp3) is 0.450. The van der Waals surface area contributed by atoms with Crippen molar-refractivity contribution in [2.75, 3.05) is 5.32 Å². The third-order valence-corrected chi connectivity index (χ3v) is 6.13. The van der Waals surface area contributed by atoms with Gasteiger partial charge in [0.2, 0.25) is 0 Å². The summed E-state index contributed by atoms with van der Waals surface area (Å²) < 4.78 is 0. The summed E-state index contributed by atoms with van der Waals surface area (Å²) in [4.78, 5) is 14.7. The third-order valence-electron chi connectivity index (χ3n) is 4.90. The lowest BCUT2D eigenvalue weighted by Crippen LogP contribution is -2.26. The van der Waals surface area contributed by atoms with Crippen molar-refractivity contribution in [1.82, 2.24) is 0 Å². The summed E-state index contributed by atoms with van der Waals surface area (Å²) in [6.07, 6.45) is 3.36. The largest absolute Gasteiger partial charge is 0.392 e. The van der Waals surface area contributed by atoms with Gasteiger partial charge in [0.1, 0.15) is 0 Å². The molecule has 0 saturated heterocycles. The monoisotopic (exact) mass is 343 g/mol. The van der Waals surface area contributed by atoms with Crippen molar-refractivity contribution in [2.45, 2.75) is 46.6 Å². The molecule has 24 heavy (non-hydrogen) atoms. The van der Waals surface area contributed by atoms with Crippen LogP contribution >= 0.6 is 11.3 Å². The Morgan fingerprint density at radius 2 is 2.12 bits per heavy atom. The van der Waals surface area contributed by atoms with Crippen LogP contribution in [0.1, 0.15) is 52.9 Å². The molecule has 0 fully saturated rings. The maximum atomic E-state index is 12.5. The van der Waals surface area contributed by atoms with E-state index in [0.29, 0.717) is 11.3 Å². The second-order valence-corrected chi connectivity index (χ2v) is 8.81. The van der Waals surface area contributed by atoms with Gasteiger partial charge in [0.15, 0.2) is 0 Å². The number of fused-ring (bicyclic) bond motifs is 1. The van der Waals surface area contributed by atoms with Crippen LogP contribution in [0, 0.1) is 11.3 Å². The van der Waals surface area contributed by atoms with Crippen LogP contribution in [0.25, 0.3) is 0 Å². The molecule has 3 rings (SSSR count). The number of carbonyl (C=O) groups is 1. The number of aliphatic hydroxyl groups is 1. The molecule has 4 heteroatoms. The molecule has 1 aromatic heterocycles. The van der Waals surface area contributed by atoms with Crippen LogP contribution in [0.2, 0.25) is 0 Å². The van der Waals surface area contributed by atoms with Crippen molar-refractivity contribution < 1.29 is 9.90 Å². The van der Waals surface area contributed by atoms with E-state index < -0.39 is 0 Å². The van der Waals surface area contributed by atoms with Crippen LogP contribution < -0.4 is 5.32 Å². The van der Waals surface area contributed by atoms with E-state index in [9.17, 15) is 9.90 Å². The molecule has 1 aliphatic carbocycles. The SMILES string of the molecule is CC(C)(C)C1CCc2sc(C(=O)Nc3cccc(CO)c3)cc2C1. The number of hydrogen-bond donors (Lipinski definition) is 2. The number of aryl methyl sites for hydroxylation is 1. The van der Waals surface area contributed by atoms with Crippen LogP contribution in [0.5, 0.6) is 0 Å². The summed E-state index contributed by atoms with van der Waals surface area (Å²) in [6.45, 7) is 6.88. The number of rotatable bonds is 3. The van der Waals surface area contributed by atoms with Crippen LogP contribution in [-0.2, 0) is 19.4 Å². The van der Waals surface area contributed by atoms with Gasteiger partial charge < -0.3 is 10.4 Å². The van der Waals surface area contributed by atoms with Crippen LogP contribution in [0.3, 0.4) is 0 Å². The molecule has 0 bridgehead atoms. The predicted molar refractivity (Wildman–Crippen MR) is 99.6 cm³/mol. The van der Waals surface area contributed by atoms with Gasteiger partial charge in [0.25, 0.3) is 5.91 Å². The Bertz CT molecular complexity index is 742. The number of hydrogen-bond acceptors (Lipinski definition) is 3. The zero-order valence-corrected chi connectivity index (χ0v) is 15.4. The minimum absolute atomic E-state index is 0.0226. The summed E-state index contributed by atoms with van der Waals surface area (Å²) in [5.74, 6) is 0.619. The van der Waals surface area contributed by atoms with Crippen LogP contribution in [-0.4, -0.2) is 11.0 Å². The maximum Gasteiger partial charge on any atom is 0.265 e. The second kappa shape index (κ2) is 6.69. The van der Waals surface area contributed by atoms with Crippen molar-refractivity contribution >= 4 is 22.9 Å². The number of benzene rings is 1. The highest BCUT2D eigenvalue weighted by atomic mass is 32.1. The Morgan fingerprint density at radius 3 is 2.83 bits per heavy atom. The molecule has 1 unspecified atom stereocenters. The van der Waals surface area contributed by atoms with Gasteiger partial charge in [-0.3, -0.25) is 4.79 Å². The van der Waals surface area contributed by atoms with Gasteiger partial charge in [-0.15, -0.1) is 11.3 Å². The van der Waals surface area contributed by atoms with Gasteiger partial charge in [-0.05, 0) is 59.9 Å². The van der Waals surface area contributed by atoms with E-state index in [1.165, 1.54) is 16.9 Å². The predicted octanol–water partition coefficient (Wildman–Crippen LogP) is 4.64. The van der Waals surface area contributed by atoms with Gasteiger partial charge >= 0.3 is 0 Å². The average Bonchev–Trinajstić information content (AvgIpc) is 2.97. The summed E-state index contributed by atoms with van der Waals surface area (Å²) in [5, 5.41) is 12.1. The maximum absolute atomic E-state index is 12.5. The van der Waals surface area contributed by atoms with Crippen molar-refractivity contribution in [1.29, 1.82) is 0 Å². The summed E-state index contributed by atoms with van der Waals surface area (Å²) >= 11 is 1.62. The lowest BCUT2D eigenvalue weighted by Gasteiger charge is -2.33. The van der Waals surface area contributed by atoms with Gasteiger partial charge in [-0.25, -0.2) is 0 Å². The Morgan fingerprint density at radius 1 is 1.33 bits per heavy atom. The van der Waals surface area contributed by atoms with Crippen molar-refractivity contribution in [3.8, 4) is 0 Å². The summed E-state index contributed by atoms with van der Waals surface area (Å²) in [5.41, 5.74) is 3.18. The zero-order valence-electron chi connectivity index (χ0n) is 14.6. The van der Waals surface area contributed by atoms with E-state index in [1.54, 1.807) is 17.4 Å². The molecule has 1 aromatic carbocycles. The zero-order chi connectivity index (χ0) is 17.3. The average molecular weight is 343 g/mol. The third kappa shape index (κ3) is 3.70. The van der Waals surface area contributed by atoms with E-state index in [1.807, 2.05) is 18.2 Å². The molecule has 0 aliphatic heterocycles. The molecule has 1 amide bonds. The normalized spacial score (nSPS) is 17.4. The Kier molecular flexibility index (Phi) is 4.79. The van der Waals surface area contributed by atoms with E-state index in [2.05, 4.69) is 32.2 Å². The number of amides is 1. The first-order valence-corrected chi connectivity index (χ1v) is 9.31. The van der Waals surface area contributed by atoms with Crippen molar-refractivity contribution in [2.24, 2.45) is 11.3 Å². The molecule has 1 heterocycles. The number of aliphatic hydroxyl groups excluding tert-OH is 1. The minimum atomic E-state index is -0.0585. The lowest BCUT2D eigenvalue weighted by molar-refractivity contribution is 0.103. The highest BCUT2D eigenvalue weighted by Gasteiger charge is 2.30. The van der Waals surface area contributed by atoms with Crippen molar-refractivity contribution in [3.05, 3.63) is 51.2 Å². The van der Waals surface area contributed by atoms with E-state index >= 15 is 0 Å². The molecule has 0 saturated carbocycles. The van der Waals surface area contributed by atoms with Gasteiger partial charge in [-0.2, -0.15) is 0 Å². The van der Waals surface area contributed by atoms with E-state index in [4.69, 9.17) is 0 Å². The first kappa shape index (κ1) is 17.2. The van der Waals surface area contributed by atoms with Gasteiger partial charge in [0.05, 0.1) is 11.5 Å². The molecule has 0 radical (unpaired) electrons. The Hall–Kier alpha value is -1.65. The molecule has 2 N–H and O–H groups in total. The van der Waals surface area contributed by atoms with Crippen LogP contribution in [0.15, 0.2) is 30.3 Å². The number of carbonyl (C=O) groups excluding carboxylic acids is 1. The van der Waals surface area contributed by atoms with Gasteiger partial charge in [-0.1, -0.05) is 32.9 Å². The smallest absolute Gasteiger partial charge is 0.265 e. The quantitative estimate of drug-likeness (QED) is 0.852. The molecule has 1 aliphatic rings. The number of thiophene rings is 1. The highest BCUT2D eigenvalue weighted by molar-refractivity contribution is 7.14. The van der Waals surface area contributed by atoms with E-state index in [0.717, 1.165) is 29.0 Å². The fourth-order valence-corrected chi connectivity index (χ4v) is 4.42. The molecular formula is C20H25NO2S. The first-order valence-electron chi connectivity index (χ1n) is 8.49. The molecule has 1 atom stereocenters. The molecule has 0 spiro atoms. The summed E-state index contributed by atoms with van der Waals surface area (Å²) in [6, 6.07) is 9.41. The molecule has 128 valence electrons. The van der Waals surface area contributed by atoms with Gasteiger partial charge in [0, 0.05) is 10.6 Å². The standard InChI is InChI=1S/C20H25NO2S/c1-20(2,3)15-7-8-17-14(10-15)11-18(24-17)19(23)21-16-6-4-5-13(9-16)12-22/h4-6,9,11,15,22H,7-8,10,12H2,1-3H3,(H,21,23). The Labute approximate surface area is 147 Å². The topological polar surface area (TPSA) is 49.3 Å². The Balaban J connectivity index is 1.74. The summed E-state index contributed by atoms with van der Waals surface area (Å²) in [7, 11) is 0. The molecule has 3 nitrogen and oxygen atoms in total. The number of anilines is 1. The van der Waals surface area contributed by atoms with E-state index in [-0.39, 0.29) is 12.5 Å². The number of nitrogens with one attached hydrogen (secondary N) is 1. The fourth-order valence-electron chi connectivity index (χ4n) is 3.31. The highest BCUT2D eigenvalue weighted by Crippen LogP contribution is 2.40. The second-order valence-electron chi connectivity index (χ2n) is 7.68. The molecule has 2 aromatic rings. The minimum Gasteiger partial charge on any atom is -0.392 e.